The summed E-state index contributed by atoms with van der Waals surface area (Å²) >= 11 is 0. The number of unbranched alkanes of at least 4 members (excludes halogenated alkanes) is 3. The van der Waals surface area contributed by atoms with E-state index in [-0.39, 0.29) is 11.1 Å². The minimum absolute atomic E-state index is 0.0913. The van der Waals surface area contributed by atoms with E-state index in [4.69, 9.17) is 9.96 Å². The van der Waals surface area contributed by atoms with Crippen LogP contribution in [-0.2, 0) is 4.43 Å². The summed E-state index contributed by atoms with van der Waals surface area (Å²) in [7, 11) is -1.77. The standard InChI is InChI=1S/C14H31N3OSi/c1-7-8-9-10-11-13(12-16-17-15)18-19(5,6)14(2,3)4/h13H,7-12H2,1-6H3. The Morgan fingerprint density at radius 1 is 1.21 bits per heavy atom. The van der Waals surface area contributed by atoms with E-state index in [1.807, 2.05) is 0 Å². The van der Waals surface area contributed by atoms with Gasteiger partial charge < -0.3 is 4.43 Å². The molecule has 19 heavy (non-hydrogen) atoms. The van der Waals surface area contributed by atoms with Crippen LogP contribution in [0.3, 0.4) is 0 Å². The Balaban J connectivity index is 4.45. The molecular formula is C14H31N3OSi. The summed E-state index contributed by atoms with van der Waals surface area (Å²) in [5, 5.41) is 3.91. The fourth-order valence-corrected chi connectivity index (χ4v) is 3.09. The molecule has 0 saturated carbocycles. The van der Waals surface area contributed by atoms with Crippen molar-refractivity contribution in [1.29, 1.82) is 0 Å². The van der Waals surface area contributed by atoms with Gasteiger partial charge in [0, 0.05) is 4.91 Å². The van der Waals surface area contributed by atoms with Gasteiger partial charge in [0.1, 0.15) is 0 Å². The third kappa shape index (κ3) is 7.60. The maximum absolute atomic E-state index is 8.50. The van der Waals surface area contributed by atoms with Gasteiger partial charge in [0.25, 0.3) is 0 Å². The molecule has 1 unspecified atom stereocenters. The predicted molar refractivity (Wildman–Crippen MR) is 84.8 cm³/mol. The van der Waals surface area contributed by atoms with E-state index >= 15 is 0 Å². The van der Waals surface area contributed by atoms with Gasteiger partial charge in [-0.3, -0.25) is 0 Å². The van der Waals surface area contributed by atoms with E-state index < -0.39 is 8.32 Å². The Kier molecular flexibility index (Phi) is 8.38. The summed E-state index contributed by atoms with van der Waals surface area (Å²) in [6.45, 7) is 13.9. The van der Waals surface area contributed by atoms with Gasteiger partial charge in [-0.25, -0.2) is 0 Å². The monoisotopic (exact) mass is 285 g/mol. The van der Waals surface area contributed by atoms with Crippen molar-refractivity contribution < 1.29 is 4.43 Å². The molecule has 0 spiro atoms. The lowest BCUT2D eigenvalue weighted by atomic mass is 10.1. The van der Waals surface area contributed by atoms with E-state index in [1.165, 1.54) is 19.3 Å². The molecule has 0 aliphatic heterocycles. The maximum atomic E-state index is 8.50. The van der Waals surface area contributed by atoms with E-state index in [0.29, 0.717) is 6.54 Å². The Morgan fingerprint density at radius 2 is 1.84 bits per heavy atom. The average molecular weight is 286 g/mol. The minimum Gasteiger partial charge on any atom is -0.414 e. The molecule has 5 heteroatoms. The highest BCUT2D eigenvalue weighted by Gasteiger charge is 2.38. The Hall–Kier alpha value is -0.513. The summed E-state index contributed by atoms with van der Waals surface area (Å²) in [5.74, 6) is 0. The third-order valence-corrected chi connectivity index (χ3v) is 8.53. The molecule has 0 heterocycles. The number of hydrogen-bond acceptors (Lipinski definition) is 2. The first-order chi connectivity index (χ1) is 8.74. The third-order valence-electron chi connectivity index (χ3n) is 4.00. The van der Waals surface area contributed by atoms with E-state index in [2.05, 4.69) is 50.8 Å². The van der Waals surface area contributed by atoms with E-state index in [0.717, 1.165) is 12.8 Å². The number of nitrogens with zero attached hydrogens (tertiary/aromatic N) is 3. The van der Waals surface area contributed by atoms with Crippen molar-refractivity contribution in [2.24, 2.45) is 5.11 Å². The highest BCUT2D eigenvalue weighted by atomic mass is 28.4. The molecule has 0 bridgehead atoms. The molecular weight excluding hydrogens is 254 g/mol. The second-order valence-corrected chi connectivity index (χ2v) is 11.5. The number of hydrogen-bond donors (Lipinski definition) is 0. The highest BCUT2D eigenvalue weighted by Crippen LogP contribution is 2.37. The summed E-state index contributed by atoms with van der Waals surface area (Å²) < 4.78 is 6.36. The first-order valence-electron chi connectivity index (χ1n) is 7.43. The molecule has 0 aromatic heterocycles. The fourth-order valence-electron chi connectivity index (χ4n) is 1.71. The first kappa shape index (κ1) is 18.5. The fraction of sp³-hybridized carbons (Fsp3) is 1.00. The first-order valence-corrected chi connectivity index (χ1v) is 10.3. The molecule has 4 nitrogen and oxygen atoms in total. The van der Waals surface area contributed by atoms with Gasteiger partial charge >= 0.3 is 0 Å². The van der Waals surface area contributed by atoms with Gasteiger partial charge in [0.15, 0.2) is 8.32 Å². The van der Waals surface area contributed by atoms with Crippen LogP contribution in [-0.4, -0.2) is 21.0 Å². The molecule has 112 valence electrons. The van der Waals surface area contributed by atoms with Gasteiger partial charge in [0.05, 0.1) is 12.6 Å². The summed E-state index contributed by atoms with van der Waals surface area (Å²) in [6, 6.07) is 0. The molecule has 0 radical (unpaired) electrons. The Morgan fingerprint density at radius 3 is 2.32 bits per heavy atom. The number of rotatable bonds is 9. The zero-order chi connectivity index (χ0) is 14.9. The Labute approximate surface area is 119 Å². The summed E-state index contributed by atoms with van der Waals surface area (Å²) in [5.41, 5.74) is 8.50. The van der Waals surface area contributed by atoms with Crippen LogP contribution in [0.15, 0.2) is 5.11 Å². The van der Waals surface area contributed by atoms with Crippen LogP contribution in [0, 0.1) is 0 Å². The van der Waals surface area contributed by atoms with Crippen LogP contribution in [0.1, 0.15) is 59.8 Å². The van der Waals surface area contributed by atoms with Crippen LogP contribution < -0.4 is 0 Å². The molecule has 0 saturated heterocycles. The zero-order valence-electron chi connectivity index (χ0n) is 13.6. The summed E-state index contributed by atoms with van der Waals surface area (Å²) in [6.07, 6.45) is 6.01. The van der Waals surface area contributed by atoms with Crippen LogP contribution in [0.2, 0.25) is 18.1 Å². The molecule has 1 atom stereocenters. The van der Waals surface area contributed by atoms with Gasteiger partial charge in [-0.15, -0.1) is 0 Å². The second-order valence-electron chi connectivity index (χ2n) is 6.76. The summed E-state index contributed by atoms with van der Waals surface area (Å²) in [4.78, 5) is 2.87. The zero-order valence-corrected chi connectivity index (χ0v) is 14.6. The van der Waals surface area contributed by atoms with Crippen molar-refractivity contribution in [2.75, 3.05) is 6.54 Å². The average Bonchev–Trinajstić information content (AvgIpc) is 2.29. The minimum atomic E-state index is -1.77. The number of azide groups is 1. The lowest BCUT2D eigenvalue weighted by Crippen LogP contribution is -2.44. The Bertz CT molecular complexity index is 294. The van der Waals surface area contributed by atoms with Crippen LogP contribution in [0.25, 0.3) is 10.4 Å². The smallest absolute Gasteiger partial charge is 0.192 e. The largest absolute Gasteiger partial charge is 0.414 e. The van der Waals surface area contributed by atoms with Crippen LogP contribution >= 0.6 is 0 Å². The molecule has 0 amide bonds. The van der Waals surface area contributed by atoms with Crippen LogP contribution in [0.5, 0.6) is 0 Å². The van der Waals surface area contributed by atoms with Crippen LogP contribution in [0.4, 0.5) is 0 Å². The molecule has 0 aromatic rings. The van der Waals surface area contributed by atoms with Crippen molar-refractivity contribution in [3.05, 3.63) is 10.4 Å². The lowest BCUT2D eigenvalue weighted by Gasteiger charge is -2.39. The van der Waals surface area contributed by atoms with Gasteiger partial charge in [-0.1, -0.05) is 58.5 Å². The van der Waals surface area contributed by atoms with E-state index in [9.17, 15) is 0 Å². The van der Waals surface area contributed by atoms with Crippen molar-refractivity contribution in [3.8, 4) is 0 Å². The molecule has 0 aliphatic rings. The van der Waals surface area contributed by atoms with Crippen molar-refractivity contribution in [1.82, 2.24) is 0 Å². The predicted octanol–water partition coefficient (Wildman–Crippen LogP) is 5.66. The SMILES string of the molecule is CCCCCCC(CN=[N+]=[N-])O[Si](C)(C)C(C)(C)C. The normalized spacial score (nSPS) is 14.0. The quantitative estimate of drug-likeness (QED) is 0.177. The van der Waals surface area contributed by atoms with Gasteiger partial charge in [-0.2, -0.15) is 0 Å². The lowest BCUT2D eigenvalue weighted by molar-refractivity contribution is 0.174. The molecule has 0 aliphatic carbocycles. The highest BCUT2D eigenvalue weighted by molar-refractivity contribution is 6.74. The molecule has 0 fully saturated rings. The van der Waals surface area contributed by atoms with Crippen molar-refractivity contribution in [2.45, 2.75) is 84.0 Å². The molecule has 0 N–H and O–H groups in total. The molecule has 0 aromatic carbocycles. The van der Waals surface area contributed by atoms with E-state index in [1.54, 1.807) is 0 Å². The van der Waals surface area contributed by atoms with Gasteiger partial charge in [0.2, 0.25) is 0 Å². The molecule has 0 rings (SSSR count). The van der Waals surface area contributed by atoms with Crippen molar-refractivity contribution >= 4 is 8.32 Å². The second kappa shape index (κ2) is 8.62. The maximum Gasteiger partial charge on any atom is 0.192 e. The van der Waals surface area contributed by atoms with Gasteiger partial charge in [-0.05, 0) is 30.1 Å². The topological polar surface area (TPSA) is 58.0 Å². The van der Waals surface area contributed by atoms with Crippen molar-refractivity contribution in [3.63, 3.8) is 0 Å².